The average molecular weight is 349 g/mol. The number of benzene rings is 1. The summed E-state index contributed by atoms with van der Waals surface area (Å²) in [5.74, 6) is -0.690. The normalized spacial score (nSPS) is 11.4. The third-order valence-corrected chi connectivity index (χ3v) is 3.24. The summed E-state index contributed by atoms with van der Waals surface area (Å²) in [4.78, 5) is 12.2. The molecule has 0 unspecified atom stereocenters. The van der Waals surface area contributed by atoms with Gasteiger partial charge in [0.2, 0.25) is 0 Å². The van der Waals surface area contributed by atoms with Crippen molar-refractivity contribution in [3.63, 3.8) is 0 Å². The molecule has 2 aromatic heterocycles. The van der Waals surface area contributed by atoms with Gasteiger partial charge in [-0.3, -0.25) is 4.98 Å². The van der Waals surface area contributed by atoms with Crippen LogP contribution in [-0.2, 0) is 0 Å². The molecule has 0 radical (unpaired) electrons. The number of hydrogen-bond donors (Lipinski definition) is 0. The molecule has 0 N–H and O–H groups in total. The highest BCUT2D eigenvalue weighted by Gasteiger charge is 2.31. The largest absolute Gasteiger partial charge is 0.573 e. The average Bonchev–Trinajstić information content (AvgIpc) is 2.55. The maximum Gasteiger partial charge on any atom is 0.573 e. The molecule has 0 fully saturated rings. The van der Waals surface area contributed by atoms with Crippen molar-refractivity contribution in [2.45, 2.75) is 13.3 Å². The minimum atomic E-state index is -4.78. The number of alkyl halides is 3. The van der Waals surface area contributed by atoms with Gasteiger partial charge >= 0.3 is 6.36 Å². The van der Waals surface area contributed by atoms with Crippen molar-refractivity contribution < 1.29 is 22.3 Å². The van der Waals surface area contributed by atoms with E-state index in [-0.39, 0.29) is 11.4 Å². The Bertz CT molecular complexity index is 878. The molecule has 8 heteroatoms. The number of aryl methyl sites for hydroxylation is 1. The molecule has 0 amide bonds. The Morgan fingerprint density at radius 2 is 1.52 bits per heavy atom. The number of ether oxygens (including phenoxy) is 1. The Morgan fingerprint density at radius 3 is 2.08 bits per heavy atom. The van der Waals surface area contributed by atoms with Crippen molar-refractivity contribution in [3.05, 3.63) is 60.3 Å². The van der Waals surface area contributed by atoms with E-state index in [1.807, 2.05) is 6.92 Å². The molecule has 3 rings (SSSR count). The Hall–Kier alpha value is -3.03. The van der Waals surface area contributed by atoms with Gasteiger partial charge in [-0.15, -0.1) is 13.2 Å². The summed E-state index contributed by atoms with van der Waals surface area (Å²) in [6, 6.07) is 6.03. The lowest BCUT2D eigenvalue weighted by Gasteiger charge is -2.09. The van der Waals surface area contributed by atoms with Crippen LogP contribution in [0.5, 0.6) is 5.75 Å². The Balaban J connectivity index is 1.87. The molecule has 25 heavy (non-hydrogen) atoms. The van der Waals surface area contributed by atoms with E-state index in [4.69, 9.17) is 0 Å². The van der Waals surface area contributed by atoms with Crippen LogP contribution < -0.4 is 4.74 Å². The van der Waals surface area contributed by atoms with Gasteiger partial charge in [-0.2, -0.15) is 0 Å². The summed E-state index contributed by atoms with van der Waals surface area (Å²) < 4.78 is 54.6. The summed E-state index contributed by atoms with van der Waals surface area (Å²) in [6.45, 7) is 1.83. The molecule has 0 aliphatic carbocycles. The molecule has 0 atom stereocenters. The van der Waals surface area contributed by atoms with E-state index in [0.29, 0.717) is 17.0 Å². The van der Waals surface area contributed by atoms with Crippen LogP contribution in [0.1, 0.15) is 5.56 Å². The fourth-order valence-electron chi connectivity index (χ4n) is 2.13. The van der Waals surface area contributed by atoms with Crippen LogP contribution in [-0.4, -0.2) is 21.3 Å². The van der Waals surface area contributed by atoms with Gasteiger partial charge < -0.3 is 4.74 Å². The molecular formula is C17H11F4N3O. The molecule has 128 valence electrons. The lowest BCUT2D eigenvalue weighted by molar-refractivity contribution is -0.274. The molecule has 2 heterocycles. The first-order valence-corrected chi connectivity index (χ1v) is 7.12. The maximum absolute atomic E-state index is 14.3. The first-order valence-electron chi connectivity index (χ1n) is 7.12. The van der Waals surface area contributed by atoms with Crippen LogP contribution in [0.25, 0.3) is 22.6 Å². The molecule has 0 spiro atoms. The van der Waals surface area contributed by atoms with E-state index in [2.05, 4.69) is 19.7 Å². The zero-order valence-electron chi connectivity index (χ0n) is 12.9. The Labute approximate surface area is 140 Å². The molecule has 0 saturated carbocycles. The lowest BCUT2D eigenvalue weighted by Crippen LogP contribution is -2.16. The van der Waals surface area contributed by atoms with Gasteiger partial charge in [0, 0.05) is 29.7 Å². The van der Waals surface area contributed by atoms with E-state index in [1.165, 1.54) is 24.4 Å². The number of pyridine rings is 1. The molecular weight excluding hydrogens is 338 g/mol. The SMILES string of the molecule is Cc1cnc(-c2cnc(-c3ccc(OC(F)(F)F)cc3)c(F)c2)nc1. The van der Waals surface area contributed by atoms with Crippen LogP contribution in [0.3, 0.4) is 0 Å². The number of halogens is 4. The third-order valence-electron chi connectivity index (χ3n) is 3.24. The second kappa shape index (κ2) is 6.46. The van der Waals surface area contributed by atoms with E-state index in [1.54, 1.807) is 12.4 Å². The van der Waals surface area contributed by atoms with E-state index < -0.39 is 12.2 Å². The van der Waals surface area contributed by atoms with Crippen LogP contribution in [0.4, 0.5) is 17.6 Å². The second-order valence-electron chi connectivity index (χ2n) is 5.21. The Morgan fingerprint density at radius 1 is 0.880 bits per heavy atom. The summed E-state index contributed by atoms with van der Waals surface area (Å²) in [6.07, 6.45) is -0.162. The van der Waals surface area contributed by atoms with Gasteiger partial charge in [-0.1, -0.05) is 0 Å². The molecule has 3 aromatic rings. The zero-order chi connectivity index (χ0) is 18.0. The highest BCUT2D eigenvalue weighted by Crippen LogP contribution is 2.28. The highest BCUT2D eigenvalue weighted by molar-refractivity contribution is 5.64. The number of nitrogens with zero attached hydrogens (tertiary/aromatic N) is 3. The molecule has 0 aliphatic rings. The van der Waals surface area contributed by atoms with E-state index in [0.717, 1.165) is 17.7 Å². The van der Waals surface area contributed by atoms with Gasteiger partial charge in [0.1, 0.15) is 17.3 Å². The van der Waals surface area contributed by atoms with Crippen LogP contribution in [0.2, 0.25) is 0 Å². The zero-order valence-corrected chi connectivity index (χ0v) is 12.9. The fraction of sp³-hybridized carbons (Fsp3) is 0.118. The minimum Gasteiger partial charge on any atom is -0.406 e. The number of hydrogen-bond acceptors (Lipinski definition) is 4. The molecule has 1 aromatic carbocycles. The minimum absolute atomic E-state index is 0.00872. The van der Waals surface area contributed by atoms with Gasteiger partial charge in [0.15, 0.2) is 5.82 Å². The van der Waals surface area contributed by atoms with E-state index >= 15 is 0 Å². The number of rotatable bonds is 3. The summed E-state index contributed by atoms with van der Waals surface area (Å²) in [5.41, 5.74) is 1.60. The van der Waals surface area contributed by atoms with Gasteiger partial charge in [-0.25, -0.2) is 14.4 Å². The number of aromatic nitrogens is 3. The molecule has 0 bridgehead atoms. The van der Waals surface area contributed by atoms with Crippen molar-refractivity contribution in [1.82, 2.24) is 15.0 Å². The van der Waals surface area contributed by atoms with Crippen LogP contribution >= 0.6 is 0 Å². The monoisotopic (exact) mass is 349 g/mol. The third kappa shape index (κ3) is 4.09. The van der Waals surface area contributed by atoms with Gasteiger partial charge in [0.05, 0.1) is 0 Å². The van der Waals surface area contributed by atoms with Crippen molar-refractivity contribution in [2.24, 2.45) is 0 Å². The van der Waals surface area contributed by atoms with Crippen molar-refractivity contribution in [2.75, 3.05) is 0 Å². The van der Waals surface area contributed by atoms with Crippen molar-refractivity contribution in [3.8, 4) is 28.4 Å². The predicted octanol–water partition coefficient (Wildman–Crippen LogP) is 4.55. The maximum atomic E-state index is 14.3. The quantitative estimate of drug-likeness (QED) is 0.651. The van der Waals surface area contributed by atoms with Crippen LogP contribution in [0.15, 0.2) is 48.9 Å². The van der Waals surface area contributed by atoms with Gasteiger partial charge in [-0.05, 0) is 42.8 Å². The molecule has 0 saturated heterocycles. The van der Waals surface area contributed by atoms with Crippen molar-refractivity contribution >= 4 is 0 Å². The van der Waals surface area contributed by atoms with Crippen LogP contribution in [0, 0.1) is 12.7 Å². The summed E-state index contributed by atoms with van der Waals surface area (Å²) in [5, 5.41) is 0. The fourth-order valence-corrected chi connectivity index (χ4v) is 2.13. The predicted molar refractivity (Wildman–Crippen MR) is 82.1 cm³/mol. The first-order chi connectivity index (χ1) is 11.8. The summed E-state index contributed by atoms with van der Waals surface area (Å²) >= 11 is 0. The van der Waals surface area contributed by atoms with Gasteiger partial charge in [0.25, 0.3) is 0 Å². The molecule has 0 aliphatic heterocycles. The lowest BCUT2D eigenvalue weighted by atomic mass is 10.1. The molecule has 4 nitrogen and oxygen atoms in total. The second-order valence-corrected chi connectivity index (χ2v) is 5.21. The smallest absolute Gasteiger partial charge is 0.406 e. The van der Waals surface area contributed by atoms with Crippen molar-refractivity contribution in [1.29, 1.82) is 0 Å². The Kier molecular flexibility index (Phi) is 4.35. The topological polar surface area (TPSA) is 47.9 Å². The van der Waals surface area contributed by atoms with E-state index in [9.17, 15) is 17.6 Å². The first kappa shape index (κ1) is 16.8. The highest BCUT2D eigenvalue weighted by atomic mass is 19.4. The standard InChI is InChI=1S/C17H11F4N3O/c1-10-7-23-16(24-8-10)12-6-14(18)15(22-9-12)11-2-4-13(5-3-11)25-17(19,20)21/h2-9H,1H3. The summed E-state index contributed by atoms with van der Waals surface area (Å²) in [7, 11) is 0.